The molecule has 0 amide bonds. The van der Waals surface area contributed by atoms with Crippen molar-refractivity contribution in [2.75, 3.05) is 26.0 Å². The molecule has 0 radical (unpaired) electrons. The summed E-state index contributed by atoms with van der Waals surface area (Å²) in [6.45, 7) is 2.52. The minimum Gasteiger partial charge on any atom is -0.492 e. The van der Waals surface area contributed by atoms with Crippen LogP contribution in [-0.4, -0.2) is 43.6 Å². The first-order valence-corrected chi connectivity index (χ1v) is 12.1. The van der Waals surface area contributed by atoms with E-state index in [0.29, 0.717) is 17.5 Å². The summed E-state index contributed by atoms with van der Waals surface area (Å²) in [5.41, 5.74) is 1.74. The van der Waals surface area contributed by atoms with Crippen LogP contribution in [0.15, 0.2) is 57.8 Å². The number of para-hydroxylation sites is 2. The summed E-state index contributed by atoms with van der Waals surface area (Å²) in [4.78, 5) is 0.285. The molecule has 0 aliphatic rings. The molecule has 0 bridgehead atoms. The molecular formula is C19H22N4O3S3. The van der Waals surface area contributed by atoms with E-state index in [1.807, 2.05) is 37.3 Å². The van der Waals surface area contributed by atoms with Crippen LogP contribution in [0.2, 0.25) is 0 Å². The second-order valence-electron chi connectivity index (χ2n) is 6.15. The maximum absolute atomic E-state index is 12.3. The van der Waals surface area contributed by atoms with E-state index in [1.54, 1.807) is 18.2 Å². The number of anilines is 2. The molecule has 1 N–H and O–H groups in total. The number of rotatable bonds is 9. The zero-order valence-corrected chi connectivity index (χ0v) is 18.8. The number of hydrogen-bond donors (Lipinski definition) is 1. The second kappa shape index (κ2) is 9.57. The molecule has 0 aliphatic heterocycles. The van der Waals surface area contributed by atoms with E-state index < -0.39 is 10.0 Å². The van der Waals surface area contributed by atoms with Crippen LogP contribution in [0.1, 0.15) is 12.5 Å². The number of benzene rings is 2. The fourth-order valence-electron chi connectivity index (χ4n) is 2.44. The fourth-order valence-corrected chi connectivity index (χ4v) is 5.12. The van der Waals surface area contributed by atoms with Crippen LogP contribution >= 0.6 is 23.1 Å². The number of sulfonamides is 1. The van der Waals surface area contributed by atoms with Gasteiger partial charge in [-0.1, -0.05) is 47.4 Å². The van der Waals surface area contributed by atoms with Crippen LogP contribution in [0.3, 0.4) is 0 Å². The number of aromatic nitrogens is 2. The van der Waals surface area contributed by atoms with Crippen LogP contribution in [0.4, 0.5) is 10.8 Å². The van der Waals surface area contributed by atoms with Gasteiger partial charge in [-0.25, -0.2) is 12.7 Å². The zero-order chi connectivity index (χ0) is 20.9. The predicted octanol–water partition coefficient (Wildman–Crippen LogP) is 4.22. The number of hydrogen-bond acceptors (Lipinski definition) is 8. The Labute approximate surface area is 179 Å². The van der Waals surface area contributed by atoms with Crippen LogP contribution in [-0.2, 0) is 15.8 Å². The Kier molecular flexibility index (Phi) is 7.12. The summed E-state index contributed by atoms with van der Waals surface area (Å²) in [7, 11) is -0.397. The molecule has 3 aromatic rings. The predicted molar refractivity (Wildman–Crippen MR) is 118 cm³/mol. The molecule has 0 atom stereocenters. The molecule has 29 heavy (non-hydrogen) atoms. The van der Waals surface area contributed by atoms with E-state index in [2.05, 4.69) is 15.5 Å². The molecule has 154 valence electrons. The Morgan fingerprint density at radius 1 is 1.14 bits per heavy atom. The first-order valence-electron chi connectivity index (χ1n) is 8.86. The normalized spacial score (nSPS) is 11.6. The number of nitrogens with one attached hydrogen (secondary N) is 1. The van der Waals surface area contributed by atoms with Gasteiger partial charge >= 0.3 is 0 Å². The Morgan fingerprint density at radius 3 is 2.69 bits per heavy atom. The average Bonchev–Trinajstić information content (AvgIpc) is 3.15. The lowest BCUT2D eigenvalue weighted by atomic mass is 10.2. The van der Waals surface area contributed by atoms with Crippen molar-refractivity contribution in [3.8, 4) is 5.75 Å². The largest absolute Gasteiger partial charge is 0.492 e. The van der Waals surface area contributed by atoms with Gasteiger partial charge in [0.1, 0.15) is 5.75 Å². The first-order chi connectivity index (χ1) is 13.9. The van der Waals surface area contributed by atoms with Gasteiger partial charge < -0.3 is 10.1 Å². The third-order valence-corrected chi connectivity index (χ3v) is 7.73. The van der Waals surface area contributed by atoms with Crippen molar-refractivity contribution in [2.45, 2.75) is 21.9 Å². The summed E-state index contributed by atoms with van der Waals surface area (Å²) in [6.07, 6.45) is 0. The van der Waals surface area contributed by atoms with Gasteiger partial charge in [-0.3, -0.25) is 0 Å². The summed E-state index contributed by atoms with van der Waals surface area (Å²) in [5, 5.41) is 12.3. The lowest BCUT2D eigenvalue weighted by molar-refractivity contribution is 0.342. The molecular weight excluding hydrogens is 428 g/mol. The van der Waals surface area contributed by atoms with Crippen molar-refractivity contribution in [3.63, 3.8) is 0 Å². The van der Waals surface area contributed by atoms with Crippen LogP contribution in [0.25, 0.3) is 0 Å². The molecule has 3 rings (SSSR count). The van der Waals surface area contributed by atoms with Crippen molar-refractivity contribution in [2.24, 2.45) is 0 Å². The van der Waals surface area contributed by atoms with Crippen molar-refractivity contribution in [1.82, 2.24) is 14.5 Å². The monoisotopic (exact) mass is 450 g/mol. The van der Waals surface area contributed by atoms with Crippen molar-refractivity contribution >= 4 is 43.9 Å². The Bertz CT molecular complexity index is 1070. The minimum absolute atomic E-state index is 0.285. The highest BCUT2D eigenvalue weighted by Gasteiger charge is 2.17. The fraction of sp³-hybridized carbons (Fsp3) is 0.263. The van der Waals surface area contributed by atoms with E-state index in [-0.39, 0.29) is 4.90 Å². The van der Waals surface area contributed by atoms with Crippen LogP contribution in [0.5, 0.6) is 5.75 Å². The van der Waals surface area contributed by atoms with Crippen molar-refractivity contribution in [1.29, 1.82) is 0 Å². The minimum atomic E-state index is -3.44. The van der Waals surface area contributed by atoms with Crippen LogP contribution < -0.4 is 10.1 Å². The van der Waals surface area contributed by atoms with E-state index in [1.165, 1.54) is 41.5 Å². The molecule has 0 unspecified atom stereocenters. The highest BCUT2D eigenvalue weighted by atomic mass is 32.2. The van der Waals surface area contributed by atoms with Gasteiger partial charge in [-0.2, -0.15) is 0 Å². The third kappa shape index (κ3) is 5.47. The quantitative estimate of drug-likeness (QED) is 0.489. The van der Waals surface area contributed by atoms with Crippen LogP contribution in [0, 0.1) is 0 Å². The van der Waals surface area contributed by atoms with E-state index >= 15 is 0 Å². The van der Waals surface area contributed by atoms with E-state index in [9.17, 15) is 8.42 Å². The van der Waals surface area contributed by atoms with Gasteiger partial charge in [-0.15, -0.1) is 10.2 Å². The molecule has 0 aliphatic carbocycles. The molecule has 0 fully saturated rings. The summed E-state index contributed by atoms with van der Waals surface area (Å²) >= 11 is 2.95. The average molecular weight is 451 g/mol. The lowest BCUT2D eigenvalue weighted by Crippen LogP contribution is -2.22. The number of ether oxygens (including phenoxy) is 1. The highest BCUT2D eigenvalue weighted by molar-refractivity contribution is 8.00. The summed E-state index contributed by atoms with van der Waals surface area (Å²) in [6, 6.07) is 14.6. The molecule has 1 heterocycles. The standard InChI is InChI=1S/C19H22N4O3S3/c1-4-26-17-11-6-5-10-16(17)20-18-21-22-19(28-18)27-13-14-8-7-9-15(12-14)29(24,25)23(2)3/h5-12H,4,13H2,1-3H3,(H,20,21). The van der Waals surface area contributed by atoms with Gasteiger partial charge in [0, 0.05) is 19.8 Å². The van der Waals surface area contributed by atoms with Gasteiger partial charge in [0.25, 0.3) is 0 Å². The molecule has 10 heteroatoms. The maximum atomic E-state index is 12.3. The molecule has 2 aromatic carbocycles. The highest BCUT2D eigenvalue weighted by Crippen LogP contribution is 2.33. The second-order valence-corrected chi connectivity index (χ2v) is 10.5. The van der Waals surface area contributed by atoms with E-state index in [4.69, 9.17) is 4.74 Å². The lowest BCUT2D eigenvalue weighted by Gasteiger charge is -2.12. The maximum Gasteiger partial charge on any atom is 0.242 e. The number of nitrogens with zero attached hydrogens (tertiary/aromatic N) is 3. The Morgan fingerprint density at radius 2 is 1.93 bits per heavy atom. The van der Waals surface area contributed by atoms with Gasteiger partial charge in [-0.05, 0) is 36.8 Å². The Hall–Kier alpha value is -2.14. The van der Waals surface area contributed by atoms with E-state index in [0.717, 1.165) is 21.3 Å². The van der Waals surface area contributed by atoms with Crippen molar-refractivity contribution in [3.05, 3.63) is 54.1 Å². The molecule has 0 saturated carbocycles. The zero-order valence-electron chi connectivity index (χ0n) is 16.3. The SMILES string of the molecule is CCOc1ccccc1Nc1nnc(SCc2cccc(S(=O)(=O)N(C)C)c2)s1. The Balaban J connectivity index is 1.66. The molecule has 0 saturated heterocycles. The third-order valence-electron chi connectivity index (χ3n) is 3.87. The van der Waals surface area contributed by atoms with Gasteiger partial charge in [0.05, 0.1) is 17.2 Å². The molecule has 7 nitrogen and oxygen atoms in total. The topological polar surface area (TPSA) is 84.4 Å². The first kappa shape index (κ1) is 21.6. The summed E-state index contributed by atoms with van der Waals surface area (Å²) < 4.78 is 32.2. The van der Waals surface area contributed by atoms with Gasteiger partial charge in [0.15, 0.2) is 4.34 Å². The molecule has 1 aromatic heterocycles. The van der Waals surface area contributed by atoms with Crippen molar-refractivity contribution < 1.29 is 13.2 Å². The van der Waals surface area contributed by atoms with Gasteiger partial charge in [0.2, 0.25) is 15.2 Å². The summed E-state index contributed by atoms with van der Waals surface area (Å²) in [5.74, 6) is 1.36. The molecule has 0 spiro atoms. The number of thioether (sulfide) groups is 1. The smallest absolute Gasteiger partial charge is 0.242 e.